The summed E-state index contributed by atoms with van der Waals surface area (Å²) in [5.41, 5.74) is 7.41. The van der Waals surface area contributed by atoms with Crippen molar-refractivity contribution >= 4 is 28.7 Å². The molecule has 1 aliphatic carbocycles. The summed E-state index contributed by atoms with van der Waals surface area (Å²) >= 11 is 3.58. The standard InChI is InChI=1S/C11H18N2S2/c1-8-9(14-2)4-3-5-11(8)6-7-15-10(12)13-11/h3-7H2,1-2H3,(H2,12,13). The molecule has 0 aromatic heterocycles. The molecule has 2 rings (SSSR count). The lowest BCUT2D eigenvalue weighted by Gasteiger charge is -2.38. The maximum atomic E-state index is 5.87. The van der Waals surface area contributed by atoms with E-state index in [0.29, 0.717) is 0 Å². The average molecular weight is 242 g/mol. The molecule has 1 heterocycles. The third-order valence-electron chi connectivity index (χ3n) is 3.45. The first-order valence-electron chi connectivity index (χ1n) is 5.40. The van der Waals surface area contributed by atoms with Crippen LogP contribution in [0.15, 0.2) is 15.5 Å². The zero-order valence-corrected chi connectivity index (χ0v) is 11.0. The molecule has 15 heavy (non-hydrogen) atoms. The Morgan fingerprint density at radius 3 is 2.93 bits per heavy atom. The van der Waals surface area contributed by atoms with E-state index >= 15 is 0 Å². The minimum absolute atomic E-state index is 0.0614. The third-order valence-corrected chi connectivity index (χ3v) is 5.25. The summed E-state index contributed by atoms with van der Waals surface area (Å²) in [6, 6.07) is 0. The molecule has 0 aromatic carbocycles. The fourth-order valence-electron chi connectivity index (χ4n) is 2.51. The number of rotatable bonds is 1. The molecular weight excluding hydrogens is 224 g/mol. The van der Waals surface area contributed by atoms with E-state index in [1.54, 1.807) is 11.8 Å². The molecule has 84 valence electrons. The van der Waals surface area contributed by atoms with Crippen molar-refractivity contribution in [2.75, 3.05) is 12.0 Å². The molecule has 2 N–H and O–H groups in total. The van der Waals surface area contributed by atoms with E-state index in [2.05, 4.69) is 13.2 Å². The van der Waals surface area contributed by atoms with E-state index in [0.717, 1.165) is 17.3 Å². The van der Waals surface area contributed by atoms with Gasteiger partial charge in [0.25, 0.3) is 0 Å². The fraction of sp³-hybridized carbons (Fsp3) is 0.727. The molecule has 0 amide bonds. The molecule has 1 aliphatic heterocycles. The van der Waals surface area contributed by atoms with Gasteiger partial charge in [-0.2, -0.15) is 0 Å². The second-order valence-corrected chi connectivity index (χ2v) is 6.20. The molecule has 1 unspecified atom stereocenters. The first-order valence-corrected chi connectivity index (χ1v) is 7.61. The number of nitrogens with two attached hydrogens (primary N) is 1. The van der Waals surface area contributed by atoms with Crippen molar-refractivity contribution in [3.63, 3.8) is 0 Å². The van der Waals surface area contributed by atoms with Crippen molar-refractivity contribution in [3.05, 3.63) is 10.5 Å². The van der Waals surface area contributed by atoms with E-state index in [4.69, 9.17) is 10.7 Å². The van der Waals surface area contributed by atoms with E-state index in [1.807, 2.05) is 11.8 Å². The summed E-state index contributed by atoms with van der Waals surface area (Å²) in [5.74, 6) is 1.12. The molecule has 2 aliphatic rings. The number of allylic oxidation sites excluding steroid dienone is 1. The lowest BCUT2D eigenvalue weighted by molar-refractivity contribution is 0.414. The van der Waals surface area contributed by atoms with Crippen LogP contribution in [0.2, 0.25) is 0 Å². The number of nitrogens with zero attached hydrogens (tertiary/aromatic N) is 1. The van der Waals surface area contributed by atoms with Gasteiger partial charge >= 0.3 is 0 Å². The topological polar surface area (TPSA) is 38.4 Å². The molecule has 2 nitrogen and oxygen atoms in total. The van der Waals surface area contributed by atoms with Gasteiger partial charge in [-0.3, -0.25) is 4.99 Å². The van der Waals surface area contributed by atoms with Crippen molar-refractivity contribution in [2.24, 2.45) is 10.7 Å². The zero-order valence-electron chi connectivity index (χ0n) is 9.38. The Hall–Kier alpha value is -0.0900. The highest BCUT2D eigenvalue weighted by molar-refractivity contribution is 8.13. The normalized spacial score (nSPS) is 32.0. The van der Waals surface area contributed by atoms with E-state index in [1.165, 1.54) is 29.7 Å². The first-order chi connectivity index (χ1) is 7.18. The molecule has 0 fully saturated rings. The monoisotopic (exact) mass is 242 g/mol. The van der Waals surface area contributed by atoms with E-state index < -0.39 is 0 Å². The molecule has 0 saturated heterocycles. The predicted octanol–water partition coefficient (Wildman–Crippen LogP) is 3.00. The number of thioether (sulfide) groups is 2. The molecule has 0 bridgehead atoms. The van der Waals surface area contributed by atoms with Crippen molar-refractivity contribution in [1.29, 1.82) is 0 Å². The number of amidine groups is 1. The Morgan fingerprint density at radius 1 is 1.47 bits per heavy atom. The summed E-state index contributed by atoms with van der Waals surface area (Å²) in [4.78, 5) is 6.27. The highest BCUT2D eigenvalue weighted by Gasteiger charge is 2.37. The van der Waals surface area contributed by atoms with Gasteiger partial charge in [0.05, 0.1) is 5.54 Å². The lowest BCUT2D eigenvalue weighted by Crippen LogP contribution is -2.37. The van der Waals surface area contributed by atoms with Crippen LogP contribution in [-0.4, -0.2) is 22.7 Å². The van der Waals surface area contributed by atoms with Crippen molar-refractivity contribution < 1.29 is 0 Å². The van der Waals surface area contributed by atoms with Crippen LogP contribution in [-0.2, 0) is 0 Å². The van der Waals surface area contributed by atoms with Crippen LogP contribution < -0.4 is 5.73 Å². The van der Waals surface area contributed by atoms with Crippen LogP contribution in [0.25, 0.3) is 0 Å². The maximum Gasteiger partial charge on any atom is 0.154 e. The predicted molar refractivity (Wildman–Crippen MR) is 71.5 cm³/mol. The number of hydrogen-bond donors (Lipinski definition) is 1. The van der Waals surface area contributed by atoms with Crippen LogP contribution in [0.3, 0.4) is 0 Å². The maximum absolute atomic E-state index is 5.87. The van der Waals surface area contributed by atoms with Crippen molar-refractivity contribution in [2.45, 2.75) is 38.1 Å². The van der Waals surface area contributed by atoms with Crippen molar-refractivity contribution in [3.8, 4) is 0 Å². The lowest BCUT2D eigenvalue weighted by atomic mass is 9.79. The second-order valence-electron chi connectivity index (χ2n) is 4.19. The van der Waals surface area contributed by atoms with Gasteiger partial charge in [0.1, 0.15) is 0 Å². The molecule has 0 radical (unpaired) electrons. The highest BCUT2D eigenvalue weighted by Crippen LogP contribution is 2.44. The van der Waals surface area contributed by atoms with Crippen molar-refractivity contribution in [1.82, 2.24) is 0 Å². The first kappa shape index (κ1) is 11.4. The SMILES string of the molecule is CSC1=C(C)C2(CCC1)CCSC(N)=N2. The number of hydrogen-bond acceptors (Lipinski definition) is 4. The fourth-order valence-corrected chi connectivity index (χ4v) is 4.24. The van der Waals surface area contributed by atoms with Gasteiger partial charge in [-0.15, -0.1) is 11.8 Å². The molecule has 4 heteroatoms. The van der Waals surface area contributed by atoms with Crippen LogP contribution in [0.4, 0.5) is 0 Å². The largest absolute Gasteiger partial charge is 0.379 e. The van der Waals surface area contributed by atoms with Gasteiger partial charge in [-0.05, 0) is 49.3 Å². The molecule has 1 atom stereocenters. The zero-order chi connectivity index (χ0) is 10.9. The van der Waals surface area contributed by atoms with Gasteiger partial charge in [-0.25, -0.2) is 0 Å². The van der Waals surface area contributed by atoms with Crippen LogP contribution in [0.5, 0.6) is 0 Å². The summed E-state index contributed by atoms with van der Waals surface area (Å²) in [5, 5.41) is 0.781. The Balaban J connectivity index is 2.38. The Labute approximate surface area is 100 Å². The van der Waals surface area contributed by atoms with E-state index in [9.17, 15) is 0 Å². The average Bonchev–Trinajstić information content (AvgIpc) is 2.22. The Morgan fingerprint density at radius 2 is 2.27 bits per heavy atom. The minimum Gasteiger partial charge on any atom is -0.379 e. The minimum atomic E-state index is 0.0614. The molecule has 0 saturated carbocycles. The number of aliphatic imine (C=N–C) groups is 1. The summed E-state index contributed by atoms with van der Waals surface area (Å²) in [6.45, 7) is 2.25. The van der Waals surface area contributed by atoms with Crippen LogP contribution in [0.1, 0.15) is 32.6 Å². The van der Waals surface area contributed by atoms with E-state index in [-0.39, 0.29) is 5.54 Å². The smallest absolute Gasteiger partial charge is 0.154 e. The second kappa shape index (κ2) is 4.42. The summed E-state index contributed by atoms with van der Waals surface area (Å²) in [6.07, 6.45) is 7.01. The Kier molecular flexibility index (Phi) is 3.36. The third kappa shape index (κ3) is 2.07. The summed E-state index contributed by atoms with van der Waals surface area (Å²) < 4.78 is 0. The summed E-state index contributed by atoms with van der Waals surface area (Å²) in [7, 11) is 0. The van der Waals surface area contributed by atoms with Crippen LogP contribution >= 0.6 is 23.5 Å². The quantitative estimate of drug-likeness (QED) is 0.768. The molecule has 0 aromatic rings. The Bertz CT molecular complexity index is 319. The van der Waals surface area contributed by atoms with Gasteiger partial charge < -0.3 is 5.73 Å². The van der Waals surface area contributed by atoms with Gasteiger partial charge in [0.15, 0.2) is 5.17 Å². The molecular formula is C11H18N2S2. The van der Waals surface area contributed by atoms with Crippen LogP contribution in [0, 0.1) is 0 Å². The van der Waals surface area contributed by atoms with Gasteiger partial charge in [0, 0.05) is 5.75 Å². The van der Waals surface area contributed by atoms with Gasteiger partial charge in [-0.1, -0.05) is 11.8 Å². The molecule has 1 spiro atoms. The highest BCUT2D eigenvalue weighted by atomic mass is 32.2. The van der Waals surface area contributed by atoms with Gasteiger partial charge in [0.2, 0.25) is 0 Å².